The second-order valence-electron chi connectivity index (χ2n) is 3.21. The van der Waals surface area contributed by atoms with Crippen LogP contribution in [0.3, 0.4) is 0 Å². The summed E-state index contributed by atoms with van der Waals surface area (Å²) in [6.07, 6.45) is 3.89. The minimum atomic E-state index is 0.426. The fourth-order valence-corrected chi connectivity index (χ4v) is 2.36. The van der Waals surface area contributed by atoms with Gasteiger partial charge in [-0.1, -0.05) is 13.8 Å². The van der Waals surface area contributed by atoms with E-state index in [1.807, 2.05) is 17.8 Å². The minimum absolute atomic E-state index is 0.426. The maximum Gasteiger partial charge on any atom is 0.121 e. The highest BCUT2D eigenvalue weighted by Crippen LogP contribution is 2.24. The lowest BCUT2D eigenvalue weighted by molar-refractivity contribution is 0.211. The third-order valence-corrected chi connectivity index (χ3v) is 3.10. The molecule has 0 spiro atoms. The van der Waals surface area contributed by atoms with Crippen LogP contribution < -0.4 is 0 Å². The normalized spacial score (nSPS) is 13.4. The lowest BCUT2D eigenvalue weighted by atomic mass is 10.2. The van der Waals surface area contributed by atoms with Gasteiger partial charge in [0.15, 0.2) is 0 Å². The number of furan rings is 1. The van der Waals surface area contributed by atoms with Crippen molar-refractivity contribution in [1.82, 2.24) is 4.90 Å². The molecule has 0 aromatic carbocycles. The Bertz CT molecular complexity index is 231. The van der Waals surface area contributed by atoms with Gasteiger partial charge in [-0.05, 0) is 31.5 Å². The summed E-state index contributed by atoms with van der Waals surface area (Å²) in [7, 11) is 0. The molecule has 0 bridgehead atoms. The van der Waals surface area contributed by atoms with Crippen LogP contribution in [-0.2, 0) is 0 Å². The van der Waals surface area contributed by atoms with Crippen LogP contribution in [0.15, 0.2) is 22.8 Å². The molecular weight excluding hydrogens is 194 g/mol. The summed E-state index contributed by atoms with van der Waals surface area (Å²) in [6, 6.07) is 4.46. The zero-order valence-electron chi connectivity index (χ0n) is 9.19. The fourth-order valence-electron chi connectivity index (χ4n) is 1.67. The summed E-state index contributed by atoms with van der Waals surface area (Å²) in [5.41, 5.74) is 0. The third kappa shape index (κ3) is 2.79. The number of rotatable bonds is 6. The number of hydrogen-bond acceptors (Lipinski definition) is 3. The van der Waals surface area contributed by atoms with E-state index in [0.29, 0.717) is 6.04 Å². The molecule has 2 nitrogen and oxygen atoms in total. The lowest BCUT2D eigenvalue weighted by Gasteiger charge is -2.27. The molecule has 80 valence electrons. The summed E-state index contributed by atoms with van der Waals surface area (Å²) in [5.74, 6) is 2.18. The van der Waals surface area contributed by atoms with Gasteiger partial charge in [0.25, 0.3) is 0 Å². The van der Waals surface area contributed by atoms with Crippen LogP contribution in [0.1, 0.15) is 25.6 Å². The molecular formula is C11H19NOS. The highest BCUT2D eigenvalue weighted by molar-refractivity contribution is 7.98. The van der Waals surface area contributed by atoms with Crippen molar-refractivity contribution < 1.29 is 4.42 Å². The molecule has 0 saturated heterocycles. The first kappa shape index (κ1) is 11.7. The Morgan fingerprint density at radius 1 is 1.43 bits per heavy atom. The Morgan fingerprint density at radius 3 is 2.57 bits per heavy atom. The third-order valence-electron chi connectivity index (χ3n) is 2.45. The largest absolute Gasteiger partial charge is 0.468 e. The predicted molar refractivity (Wildman–Crippen MR) is 62.8 cm³/mol. The molecule has 1 rings (SSSR count). The van der Waals surface area contributed by atoms with Crippen LogP contribution in [0.2, 0.25) is 0 Å². The van der Waals surface area contributed by atoms with Gasteiger partial charge in [-0.3, -0.25) is 4.90 Å². The van der Waals surface area contributed by atoms with E-state index in [2.05, 4.69) is 31.1 Å². The average molecular weight is 213 g/mol. The predicted octanol–water partition coefficient (Wildman–Crippen LogP) is 3.03. The average Bonchev–Trinajstić information content (AvgIpc) is 2.71. The molecule has 0 aliphatic carbocycles. The van der Waals surface area contributed by atoms with Gasteiger partial charge >= 0.3 is 0 Å². The molecule has 3 heteroatoms. The van der Waals surface area contributed by atoms with Gasteiger partial charge in [-0.2, -0.15) is 11.8 Å². The first-order valence-electron chi connectivity index (χ1n) is 5.09. The first-order chi connectivity index (χ1) is 6.83. The minimum Gasteiger partial charge on any atom is -0.468 e. The second kappa shape index (κ2) is 6.14. The Hall–Kier alpha value is -0.410. The second-order valence-corrected chi connectivity index (χ2v) is 4.12. The molecule has 0 amide bonds. The van der Waals surface area contributed by atoms with Crippen LogP contribution in [0, 0.1) is 0 Å². The number of nitrogens with zero attached hydrogens (tertiary/aromatic N) is 1. The van der Waals surface area contributed by atoms with Gasteiger partial charge in [0.2, 0.25) is 0 Å². The lowest BCUT2D eigenvalue weighted by Crippen LogP contribution is -2.29. The maximum atomic E-state index is 5.48. The topological polar surface area (TPSA) is 16.4 Å². The molecule has 1 heterocycles. The molecule has 1 aromatic rings. The van der Waals surface area contributed by atoms with Gasteiger partial charge < -0.3 is 4.42 Å². The van der Waals surface area contributed by atoms with Crippen LogP contribution in [0.4, 0.5) is 0 Å². The van der Waals surface area contributed by atoms with Crippen LogP contribution >= 0.6 is 11.8 Å². The van der Waals surface area contributed by atoms with Crippen LogP contribution in [-0.4, -0.2) is 30.0 Å². The standard InChI is InChI=1S/C11H19NOS/c1-4-12(5-2)10(9-14-3)11-7-6-8-13-11/h6-8,10H,4-5,9H2,1-3H3. The number of hydrogen-bond donors (Lipinski definition) is 0. The van der Waals surface area contributed by atoms with E-state index in [-0.39, 0.29) is 0 Å². The van der Waals surface area contributed by atoms with Crippen molar-refractivity contribution in [2.75, 3.05) is 25.1 Å². The molecule has 1 unspecified atom stereocenters. The summed E-state index contributed by atoms with van der Waals surface area (Å²) < 4.78 is 5.48. The molecule has 0 N–H and O–H groups in total. The summed E-state index contributed by atoms with van der Waals surface area (Å²) in [5, 5.41) is 0. The van der Waals surface area contributed by atoms with E-state index in [1.54, 1.807) is 6.26 Å². The van der Waals surface area contributed by atoms with E-state index < -0.39 is 0 Å². The van der Waals surface area contributed by atoms with Crippen molar-refractivity contribution >= 4 is 11.8 Å². The number of thioether (sulfide) groups is 1. The van der Waals surface area contributed by atoms with Crippen molar-refractivity contribution in [3.8, 4) is 0 Å². The first-order valence-corrected chi connectivity index (χ1v) is 6.49. The van der Waals surface area contributed by atoms with Crippen molar-refractivity contribution in [2.45, 2.75) is 19.9 Å². The van der Waals surface area contributed by atoms with Gasteiger partial charge in [0, 0.05) is 5.75 Å². The summed E-state index contributed by atoms with van der Waals surface area (Å²) in [4.78, 5) is 2.43. The molecule has 0 aliphatic rings. The zero-order valence-corrected chi connectivity index (χ0v) is 10.0. The van der Waals surface area contributed by atoms with E-state index >= 15 is 0 Å². The van der Waals surface area contributed by atoms with Crippen molar-refractivity contribution in [3.05, 3.63) is 24.2 Å². The summed E-state index contributed by atoms with van der Waals surface area (Å²) >= 11 is 1.87. The van der Waals surface area contributed by atoms with Crippen molar-refractivity contribution in [1.29, 1.82) is 0 Å². The van der Waals surface area contributed by atoms with E-state index in [9.17, 15) is 0 Å². The van der Waals surface area contributed by atoms with Crippen molar-refractivity contribution in [3.63, 3.8) is 0 Å². The van der Waals surface area contributed by atoms with E-state index in [4.69, 9.17) is 4.42 Å². The highest BCUT2D eigenvalue weighted by atomic mass is 32.2. The Kier molecular flexibility index (Phi) is 5.12. The molecule has 14 heavy (non-hydrogen) atoms. The van der Waals surface area contributed by atoms with Gasteiger partial charge in [0.1, 0.15) is 5.76 Å². The van der Waals surface area contributed by atoms with Crippen molar-refractivity contribution in [2.24, 2.45) is 0 Å². The molecule has 0 aliphatic heterocycles. The van der Waals surface area contributed by atoms with Gasteiger partial charge in [-0.25, -0.2) is 0 Å². The maximum absolute atomic E-state index is 5.48. The molecule has 1 aromatic heterocycles. The Balaban J connectivity index is 2.72. The Labute approximate surface area is 90.7 Å². The highest BCUT2D eigenvalue weighted by Gasteiger charge is 2.19. The fraction of sp³-hybridized carbons (Fsp3) is 0.636. The van der Waals surface area contributed by atoms with Gasteiger partial charge in [0.05, 0.1) is 12.3 Å². The SMILES string of the molecule is CCN(CC)C(CSC)c1ccco1. The Morgan fingerprint density at radius 2 is 2.14 bits per heavy atom. The smallest absolute Gasteiger partial charge is 0.121 e. The van der Waals surface area contributed by atoms with E-state index in [0.717, 1.165) is 24.6 Å². The molecule has 0 fully saturated rings. The van der Waals surface area contributed by atoms with Gasteiger partial charge in [-0.15, -0.1) is 0 Å². The van der Waals surface area contributed by atoms with Crippen LogP contribution in [0.5, 0.6) is 0 Å². The van der Waals surface area contributed by atoms with E-state index in [1.165, 1.54) is 0 Å². The monoisotopic (exact) mass is 213 g/mol. The quantitative estimate of drug-likeness (QED) is 0.722. The van der Waals surface area contributed by atoms with Crippen LogP contribution in [0.25, 0.3) is 0 Å². The molecule has 0 saturated carbocycles. The summed E-state index contributed by atoms with van der Waals surface area (Å²) in [6.45, 7) is 6.53. The molecule has 0 radical (unpaired) electrons. The molecule has 1 atom stereocenters. The zero-order chi connectivity index (χ0) is 10.4.